The van der Waals surface area contributed by atoms with Gasteiger partial charge in [-0.05, 0) is 49.2 Å². The van der Waals surface area contributed by atoms with Gasteiger partial charge in [-0.1, -0.05) is 29.8 Å². The third-order valence-corrected chi connectivity index (χ3v) is 5.16. The monoisotopic (exact) mass is 413 g/mol. The number of nitrogens with zero attached hydrogens (tertiary/aromatic N) is 2. The highest BCUT2D eigenvalue weighted by atomic mass is 35.5. The van der Waals surface area contributed by atoms with Gasteiger partial charge in [0.25, 0.3) is 11.5 Å². The van der Waals surface area contributed by atoms with Gasteiger partial charge in [-0.25, -0.2) is 4.39 Å². The van der Waals surface area contributed by atoms with E-state index in [1.54, 1.807) is 24.3 Å². The number of nitrogens with one attached hydrogen (secondary N) is 1. The van der Waals surface area contributed by atoms with Crippen LogP contribution >= 0.6 is 11.6 Å². The van der Waals surface area contributed by atoms with Gasteiger partial charge in [-0.3, -0.25) is 9.59 Å². The number of aliphatic hydroxyl groups is 1. The van der Waals surface area contributed by atoms with Crippen molar-refractivity contribution in [1.29, 1.82) is 0 Å². The number of rotatable bonds is 4. The van der Waals surface area contributed by atoms with Crippen molar-refractivity contribution < 1.29 is 14.3 Å². The van der Waals surface area contributed by atoms with E-state index in [1.165, 1.54) is 24.3 Å². The Bertz CT molecular complexity index is 1130. The van der Waals surface area contributed by atoms with Crippen molar-refractivity contribution in [3.8, 4) is 16.9 Å². The van der Waals surface area contributed by atoms with Crippen LogP contribution in [0.25, 0.3) is 16.9 Å². The topological polar surface area (TPSA) is 84.2 Å². The fourth-order valence-corrected chi connectivity index (χ4v) is 3.22. The molecule has 0 bridgehead atoms. The second-order valence-corrected chi connectivity index (χ2v) is 7.31. The molecule has 2 atom stereocenters. The maximum absolute atomic E-state index is 13.7. The number of carbonyl (C=O) groups is 1. The minimum absolute atomic E-state index is 0.145. The predicted octanol–water partition coefficient (Wildman–Crippen LogP) is 2.95. The average Bonchev–Trinajstić information content (AvgIpc) is 2.71. The summed E-state index contributed by atoms with van der Waals surface area (Å²) in [6, 6.07) is 13.2. The lowest BCUT2D eigenvalue weighted by molar-refractivity contribution is 0.0447. The molecule has 2 aromatic carbocycles. The lowest BCUT2D eigenvalue weighted by Gasteiger charge is -2.32. The molecule has 3 aromatic rings. The van der Waals surface area contributed by atoms with Gasteiger partial charge < -0.3 is 10.4 Å². The third kappa shape index (κ3) is 3.92. The fourth-order valence-electron chi connectivity index (χ4n) is 3.10. The van der Waals surface area contributed by atoms with E-state index in [1.807, 2.05) is 0 Å². The molecular formula is C21H17ClFN3O3. The van der Waals surface area contributed by atoms with Gasteiger partial charge in [-0.15, -0.1) is 0 Å². The third-order valence-electron chi connectivity index (χ3n) is 4.90. The Morgan fingerprint density at radius 1 is 1.17 bits per heavy atom. The molecule has 6 nitrogen and oxygen atoms in total. The first-order valence-corrected chi connectivity index (χ1v) is 9.45. The normalized spacial score (nSPS) is 18.2. The second-order valence-electron chi connectivity index (χ2n) is 6.87. The summed E-state index contributed by atoms with van der Waals surface area (Å²) in [5.74, 6) is -1.14. The molecule has 1 aliphatic rings. The van der Waals surface area contributed by atoms with Gasteiger partial charge in [-0.2, -0.15) is 9.78 Å². The molecule has 1 aliphatic carbocycles. The van der Waals surface area contributed by atoms with Crippen molar-refractivity contribution in [3.63, 3.8) is 0 Å². The predicted molar refractivity (Wildman–Crippen MR) is 107 cm³/mol. The quantitative estimate of drug-likeness (QED) is 0.688. The van der Waals surface area contributed by atoms with Crippen LogP contribution in [0.3, 0.4) is 0 Å². The summed E-state index contributed by atoms with van der Waals surface area (Å²) in [6.45, 7) is 0. The van der Waals surface area contributed by atoms with Crippen LogP contribution in [-0.4, -0.2) is 32.9 Å². The van der Waals surface area contributed by atoms with Crippen LogP contribution in [-0.2, 0) is 0 Å². The minimum Gasteiger partial charge on any atom is -0.391 e. The fraction of sp³-hybridized carbons (Fsp3) is 0.190. The van der Waals surface area contributed by atoms with Gasteiger partial charge in [0.2, 0.25) is 0 Å². The van der Waals surface area contributed by atoms with E-state index in [-0.39, 0.29) is 11.3 Å². The molecule has 8 heteroatoms. The van der Waals surface area contributed by atoms with Crippen LogP contribution in [0.1, 0.15) is 23.2 Å². The Morgan fingerprint density at radius 3 is 2.55 bits per heavy atom. The molecule has 2 unspecified atom stereocenters. The zero-order chi connectivity index (χ0) is 20.5. The lowest BCUT2D eigenvalue weighted by Crippen LogP contribution is -2.51. The smallest absolute Gasteiger partial charge is 0.284 e. The highest BCUT2D eigenvalue weighted by molar-refractivity contribution is 6.30. The van der Waals surface area contributed by atoms with Crippen LogP contribution < -0.4 is 10.9 Å². The Morgan fingerprint density at radius 2 is 1.93 bits per heavy atom. The Balaban J connectivity index is 1.83. The molecule has 0 spiro atoms. The van der Waals surface area contributed by atoms with Crippen LogP contribution in [0.4, 0.5) is 4.39 Å². The number of halogens is 2. The second kappa shape index (κ2) is 7.77. The summed E-state index contributed by atoms with van der Waals surface area (Å²) in [5.41, 5.74) is 0.360. The van der Waals surface area contributed by atoms with Gasteiger partial charge in [0, 0.05) is 10.6 Å². The molecule has 1 saturated carbocycles. The van der Waals surface area contributed by atoms with Crippen molar-refractivity contribution in [1.82, 2.24) is 15.1 Å². The first kappa shape index (κ1) is 19.3. The summed E-state index contributed by atoms with van der Waals surface area (Å²) in [4.78, 5) is 25.7. The SMILES string of the molecule is O=C(NC1CCC1O)c1cc(-c2ccc(Cl)cc2)nn(-c2cccc(F)c2)c1=O. The van der Waals surface area contributed by atoms with E-state index in [9.17, 15) is 19.1 Å². The van der Waals surface area contributed by atoms with Gasteiger partial charge in [0.05, 0.1) is 23.5 Å². The lowest BCUT2D eigenvalue weighted by atomic mass is 9.89. The van der Waals surface area contributed by atoms with E-state index < -0.39 is 29.4 Å². The number of aliphatic hydroxyl groups excluding tert-OH is 1. The number of aromatic nitrogens is 2. The Kier molecular flexibility index (Phi) is 5.17. The summed E-state index contributed by atoms with van der Waals surface area (Å²) in [6.07, 6.45) is 0.618. The number of amides is 1. The maximum atomic E-state index is 13.7. The molecule has 1 fully saturated rings. The van der Waals surface area contributed by atoms with Crippen molar-refractivity contribution in [2.75, 3.05) is 0 Å². The highest BCUT2D eigenvalue weighted by Gasteiger charge is 2.31. The maximum Gasteiger partial charge on any atom is 0.284 e. The number of hydrogen-bond donors (Lipinski definition) is 2. The van der Waals surface area contributed by atoms with Crippen LogP contribution in [0.15, 0.2) is 59.4 Å². The first-order chi connectivity index (χ1) is 13.9. The van der Waals surface area contributed by atoms with Gasteiger partial charge in [0.1, 0.15) is 11.4 Å². The Hall–Kier alpha value is -3.03. The highest BCUT2D eigenvalue weighted by Crippen LogP contribution is 2.22. The molecule has 2 N–H and O–H groups in total. The summed E-state index contributed by atoms with van der Waals surface area (Å²) in [5, 5.41) is 17.3. The van der Waals surface area contributed by atoms with Crippen molar-refractivity contribution in [2.45, 2.75) is 25.0 Å². The molecule has 1 heterocycles. The summed E-state index contributed by atoms with van der Waals surface area (Å²) >= 11 is 5.94. The molecule has 1 amide bonds. The molecule has 4 rings (SSSR count). The zero-order valence-electron chi connectivity index (χ0n) is 15.2. The van der Waals surface area contributed by atoms with Gasteiger partial charge >= 0.3 is 0 Å². The van der Waals surface area contributed by atoms with Gasteiger partial charge in [0.15, 0.2) is 0 Å². The molecule has 1 aromatic heterocycles. The van der Waals surface area contributed by atoms with Crippen molar-refractivity contribution in [2.24, 2.45) is 0 Å². The minimum atomic E-state index is -0.681. The molecular weight excluding hydrogens is 397 g/mol. The zero-order valence-corrected chi connectivity index (χ0v) is 15.9. The Labute approximate surface area is 170 Å². The summed E-state index contributed by atoms with van der Waals surface area (Å²) in [7, 11) is 0. The number of benzene rings is 2. The van der Waals surface area contributed by atoms with Crippen LogP contribution in [0, 0.1) is 5.82 Å². The van der Waals surface area contributed by atoms with E-state index in [2.05, 4.69) is 10.4 Å². The van der Waals surface area contributed by atoms with E-state index >= 15 is 0 Å². The molecule has 148 valence electrons. The first-order valence-electron chi connectivity index (χ1n) is 9.07. The van der Waals surface area contributed by atoms with Crippen LogP contribution in [0.5, 0.6) is 0 Å². The summed E-state index contributed by atoms with van der Waals surface area (Å²) < 4.78 is 14.7. The van der Waals surface area contributed by atoms with Crippen molar-refractivity contribution in [3.05, 3.63) is 81.4 Å². The molecule has 0 radical (unpaired) electrons. The largest absolute Gasteiger partial charge is 0.391 e. The van der Waals surface area contributed by atoms with Crippen molar-refractivity contribution >= 4 is 17.5 Å². The van der Waals surface area contributed by atoms with E-state index in [0.717, 1.165) is 10.7 Å². The average molecular weight is 414 g/mol. The molecule has 0 aliphatic heterocycles. The molecule has 0 saturated heterocycles. The number of hydrogen-bond acceptors (Lipinski definition) is 4. The standard InChI is InChI=1S/C21H17ClFN3O3/c22-13-6-4-12(5-7-13)18-11-16(20(28)24-17-8-9-19(17)27)21(29)26(25-18)15-3-1-2-14(23)10-15/h1-7,10-11,17,19,27H,8-9H2,(H,24,28). The molecule has 29 heavy (non-hydrogen) atoms. The van der Waals surface area contributed by atoms with E-state index in [0.29, 0.717) is 29.1 Å². The number of carbonyl (C=O) groups excluding carboxylic acids is 1. The van der Waals surface area contributed by atoms with E-state index in [4.69, 9.17) is 11.6 Å². The van der Waals surface area contributed by atoms with Crippen LogP contribution in [0.2, 0.25) is 5.02 Å².